The molecule has 0 spiro atoms. The number of pyridine rings is 1. The van der Waals surface area contributed by atoms with Crippen molar-refractivity contribution in [2.24, 2.45) is 0 Å². The van der Waals surface area contributed by atoms with Crippen LogP contribution in [-0.2, 0) is 0 Å². The monoisotopic (exact) mass is 322 g/mol. The fraction of sp³-hybridized carbons (Fsp3) is 0.316. The van der Waals surface area contributed by atoms with Crippen molar-refractivity contribution in [1.29, 1.82) is 0 Å². The lowest BCUT2D eigenvalue weighted by molar-refractivity contribution is 0.462. The standard InChI is InChI=1S/C19H19FN4/c20-17-11-21-9-8-15(17)13-6-7-18-16(10-13)19(23-12-22-18)24-14-4-2-1-3-5-14/h6-12,14H,1-5H2,(H,22,23,24). The molecule has 0 bridgehead atoms. The summed E-state index contributed by atoms with van der Waals surface area (Å²) in [7, 11) is 0. The molecular weight excluding hydrogens is 303 g/mol. The van der Waals surface area contributed by atoms with E-state index in [0.717, 1.165) is 22.3 Å². The van der Waals surface area contributed by atoms with Crippen LogP contribution in [0.15, 0.2) is 43.0 Å². The molecule has 0 saturated heterocycles. The lowest BCUT2D eigenvalue weighted by Crippen LogP contribution is -2.23. The van der Waals surface area contributed by atoms with Crippen molar-refractivity contribution in [1.82, 2.24) is 15.0 Å². The Labute approximate surface area is 140 Å². The second-order valence-corrected chi connectivity index (χ2v) is 6.29. The highest BCUT2D eigenvalue weighted by molar-refractivity contribution is 5.92. The Kier molecular flexibility index (Phi) is 4.07. The molecule has 2 aromatic heterocycles. The van der Waals surface area contributed by atoms with E-state index in [1.165, 1.54) is 38.3 Å². The van der Waals surface area contributed by atoms with Crippen molar-refractivity contribution in [3.05, 3.63) is 48.8 Å². The van der Waals surface area contributed by atoms with Gasteiger partial charge in [0.1, 0.15) is 18.0 Å². The van der Waals surface area contributed by atoms with Crippen molar-refractivity contribution in [2.45, 2.75) is 38.1 Å². The Morgan fingerprint density at radius 1 is 1.04 bits per heavy atom. The van der Waals surface area contributed by atoms with Gasteiger partial charge >= 0.3 is 0 Å². The van der Waals surface area contributed by atoms with Gasteiger partial charge in [-0.2, -0.15) is 0 Å². The van der Waals surface area contributed by atoms with Crippen LogP contribution < -0.4 is 5.32 Å². The van der Waals surface area contributed by atoms with Gasteiger partial charge in [-0.25, -0.2) is 14.4 Å². The molecule has 122 valence electrons. The lowest BCUT2D eigenvalue weighted by Gasteiger charge is -2.23. The van der Waals surface area contributed by atoms with E-state index in [-0.39, 0.29) is 5.82 Å². The van der Waals surface area contributed by atoms with Gasteiger partial charge in [-0.15, -0.1) is 0 Å². The summed E-state index contributed by atoms with van der Waals surface area (Å²) < 4.78 is 14.0. The topological polar surface area (TPSA) is 50.7 Å². The van der Waals surface area contributed by atoms with Crippen molar-refractivity contribution in [2.75, 3.05) is 5.32 Å². The number of anilines is 1. The third-order valence-electron chi connectivity index (χ3n) is 4.66. The summed E-state index contributed by atoms with van der Waals surface area (Å²) in [4.78, 5) is 12.6. The minimum Gasteiger partial charge on any atom is -0.367 e. The van der Waals surface area contributed by atoms with E-state index in [1.54, 1.807) is 18.6 Å². The van der Waals surface area contributed by atoms with E-state index in [9.17, 15) is 4.39 Å². The number of fused-ring (bicyclic) bond motifs is 1. The molecule has 1 fully saturated rings. The first-order valence-electron chi connectivity index (χ1n) is 8.42. The van der Waals surface area contributed by atoms with Gasteiger partial charge in [0.25, 0.3) is 0 Å². The molecule has 0 amide bonds. The first-order chi connectivity index (χ1) is 11.8. The molecule has 1 aliphatic carbocycles. The molecule has 0 radical (unpaired) electrons. The molecule has 5 heteroatoms. The maximum atomic E-state index is 14.0. The molecule has 4 rings (SSSR count). The first kappa shape index (κ1) is 15.0. The molecule has 2 heterocycles. The van der Waals surface area contributed by atoms with E-state index < -0.39 is 0 Å². The Morgan fingerprint density at radius 2 is 1.92 bits per heavy atom. The van der Waals surface area contributed by atoms with Crippen LogP contribution in [0, 0.1) is 5.82 Å². The minimum absolute atomic E-state index is 0.324. The molecule has 1 aromatic carbocycles. The lowest BCUT2D eigenvalue weighted by atomic mass is 9.95. The van der Waals surface area contributed by atoms with Crippen molar-refractivity contribution >= 4 is 16.7 Å². The number of hydrogen-bond donors (Lipinski definition) is 1. The summed E-state index contributed by atoms with van der Waals surface area (Å²) in [6.45, 7) is 0. The van der Waals surface area contributed by atoms with Crippen LogP contribution in [0.2, 0.25) is 0 Å². The largest absolute Gasteiger partial charge is 0.367 e. The molecule has 3 aromatic rings. The zero-order valence-corrected chi connectivity index (χ0v) is 13.4. The fourth-order valence-corrected chi connectivity index (χ4v) is 3.39. The molecule has 0 atom stereocenters. The van der Waals surface area contributed by atoms with Crippen molar-refractivity contribution < 1.29 is 4.39 Å². The third kappa shape index (κ3) is 2.94. The highest BCUT2D eigenvalue weighted by atomic mass is 19.1. The van der Waals surface area contributed by atoms with Crippen LogP contribution in [0.1, 0.15) is 32.1 Å². The molecule has 24 heavy (non-hydrogen) atoms. The summed E-state index contributed by atoms with van der Waals surface area (Å²) >= 11 is 0. The molecule has 1 saturated carbocycles. The van der Waals surface area contributed by atoms with E-state index >= 15 is 0 Å². The number of nitrogens with zero attached hydrogens (tertiary/aromatic N) is 3. The number of halogens is 1. The Hall–Kier alpha value is -2.56. The molecule has 0 aliphatic heterocycles. The number of hydrogen-bond acceptors (Lipinski definition) is 4. The predicted octanol–water partition coefficient (Wildman–Crippen LogP) is 4.58. The molecule has 1 aliphatic rings. The highest BCUT2D eigenvalue weighted by Gasteiger charge is 2.15. The van der Waals surface area contributed by atoms with Crippen LogP contribution in [-0.4, -0.2) is 21.0 Å². The average molecular weight is 322 g/mol. The van der Waals surface area contributed by atoms with Crippen LogP contribution in [0.25, 0.3) is 22.0 Å². The quantitative estimate of drug-likeness (QED) is 0.767. The van der Waals surface area contributed by atoms with Gasteiger partial charge in [0.15, 0.2) is 0 Å². The summed E-state index contributed by atoms with van der Waals surface area (Å²) in [6, 6.07) is 7.90. The maximum absolute atomic E-state index is 14.0. The zero-order valence-electron chi connectivity index (χ0n) is 13.4. The van der Waals surface area contributed by atoms with Crippen LogP contribution in [0.3, 0.4) is 0 Å². The van der Waals surface area contributed by atoms with Gasteiger partial charge in [0.05, 0.1) is 11.7 Å². The normalized spacial score (nSPS) is 15.5. The second-order valence-electron chi connectivity index (χ2n) is 6.29. The predicted molar refractivity (Wildman–Crippen MR) is 93.2 cm³/mol. The molecular formula is C19H19FN4. The second kappa shape index (κ2) is 6.51. The minimum atomic E-state index is -0.324. The number of aromatic nitrogens is 3. The molecule has 4 nitrogen and oxygen atoms in total. The summed E-state index contributed by atoms with van der Waals surface area (Å²) in [5, 5.41) is 4.49. The smallest absolute Gasteiger partial charge is 0.149 e. The molecule has 1 N–H and O–H groups in total. The van der Waals surface area contributed by atoms with Gasteiger partial charge in [0, 0.05) is 23.2 Å². The first-order valence-corrected chi connectivity index (χ1v) is 8.42. The average Bonchev–Trinajstić information content (AvgIpc) is 2.63. The number of rotatable bonds is 3. The Morgan fingerprint density at radius 3 is 2.75 bits per heavy atom. The van der Waals surface area contributed by atoms with Gasteiger partial charge in [-0.3, -0.25) is 4.98 Å². The van der Waals surface area contributed by atoms with E-state index in [2.05, 4.69) is 20.3 Å². The third-order valence-corrected chi connectivity index (χ3v) is 4.66. The maximum Gasteiger partial charge on any atom is 0.149 e. The van der Waals surface area contributed by atoms with Gasteiger partial charge in [-0.05, 0) is 36.6 Å². The van der Waals surface area contributed by atoms with Crippen molar-refractivity contribution in [3.63, 3.8) is 0 Å². The van der Waals surface area contributed by atoms with Gasteiger partial charge in [-0.1, -0.05) is 25.3 Å². The van der Waals surface area contributed by atoms with Crippen molar-refractivity contribution in [3.8, 4) is 11.1 Å². The summed E-state index contributed by atoms with van der Waals surface area (Å²) in [5.74, 6) is 0.513. The Balaban J connectivity index is 1.74. The summed E-state index contributed by atoms with van der Waals surface area (Å²) in [5.41, 5.74) is 2.21. The zero-order chi connectivity index (χ0) is 16.4. The highest BCUT2D eigenvalue weighted by Crippen LogP contribution is 2.29. The van der Waals surface area contributed by atoms with E-state index in [0.29, 0.717) is 11.6 Å². The van der Waals surface area contributed by atoms with Crippen LogP contribution >= 0.6 is 0 Å². The Bertz CT molecular complexity index is 859. The fourth-order valence-electron chi connectivity index (χ4n) is 3.39. The van der Waals surface area contributed by atoms with E-state index in [1.807, 2.05) is 18.2 Å². The van der Waals surface area contributed by atoms with Gasteiger partial charge < -0.3 is 5.32 Å². The number of benzene rings is 1. The van der Waals surface area contributed by atoms with E-state index in [4.69, 9.17) is 0 Å². The number of nitrogens with one attached hydrogen (secondary N) is 1. The SMILES string of the molecule is Fc1cnccc1-c1ccc2ncnc(NC3CCCCC3)c2c1. The summed E-state index contributed by atoms with van der Waals surface area (Å²) in [6.07, 6.45) is 10.6. The van der Waals surface area contributed by atoms with Crippen LogP contribution in [0.4, 0.5) is 10.2 Å². The molecule has 0 unspecified atom stereocenters. The van der Waals surface area contributed by atoms with Gasteiger partial charge in [0.2, 0.25) is 0 Å². The van der Waals surface area contributed by atoms with Crippen LogP contribution in [0.5, 0.6) is 0 Å².